The molecular formula is C16H16N2O2S. The molecule has 0 saturated carbocycles. The van der Waals surface area contributed by atoms with Crippen LogP contribution in [0.25, 0.3) is 0 Å². The zero-order valence-corrected chi connectivity index (χ0v) is 12.5. The van der Waals surface area contributed by atoms with E-state index in [2.05, 4.69) is 35.1 Å². The largest absolute Gasteiger partial charge is 0.384 e. The van der Waals surface area contributed by atoms with Crippen LogP contribution in [-0.4, -0.2) is 22.6 Å². The molecule has 0 aliphatic heterocycles. The molecule has 21 heavy (non-hydrogen) atoms. The van der Waals surface area contributed by atoms with E-state index in [1.54, 1.807) is 23.6 Å². The highest BCUT2D eigenvalue weighted by Gasteiger charge is 2.11. The van der Waals surface area contributed by atoms with Gasteiger partial charge in [-0.1, -0.05) is 18.8 Å². The molecule has 4 nitrogen and oxygen atoms in total. The summed E-state index contributed by atoms with van der Waals surface area (Å²) in [5.41, 5.74) is 2.25. The zero-order chi connectivity index (χ0) is 15.1. The van der Waals surface area contributed by atoms with Crippen molar-refractivity contribution in [3.63, 3.8) is 0 Å². The number of aliphatic hydroxyl groups is 1. The third-order valence-electron chi connectivity index (χ3n) is 3.00. The molecule has 0 bridgehead atoms. The average Bonchev–Trinajstić information content (AvgIpc) is 2.98. The summed E-state index contributed by atoms with van der Waals surface area (Å²) in [5.74, 6) is 5.09. The number of hydrogen-bond donors (Lipinski definition) is 2. The molecule has 0 unspecified atom stereocenters. The molecule has 2 aromatic rings. The Morgan fingerprint density at radius 1 is 1.48 bits per heavy atom. The SMILES string of the molecule is CCc1ccsc1CNC(=O)c1ccncc1C#CCO. The van der Waals surface area contributed by atoms with Gasteiger partial charge in [-0.3, -0.25) is 9.78 Å². The zero-order valence-electron chi connectivity index (χ0n) is 11.7. The summed E-state index contributed by atoms with van der Waals surface area (Å²) in [6.45, 7) is 2.36. The molecule has 2 aromatic heterocycles. The summed E-state index contributed by atoms with van der Waals surface area (Å²) in [6, 6.07) is 3.71. The fourth-order valence-corrected chi connectivity index (χ4v) is 2.84. The number of nitrogens with one attached hydrogen (secondary N) is 1. The lowest BCUT2D eigenvalue weighted by atomic mass is 10.1. The lowest BCUT2D eigenvalue weighted by Gasteiger charge is -2.07. The van der Waals surface area contributed by atoms with Crippen molar-refractivity contribution in [1.82, 2.24) is 10.3 Å². The van der Waals surface area contributed by atoms with Crippen LogP contribution in [0.3, 0.4) is 0 Å². The van der Waals surface area contributed by atoms with Crippen molar-refractivity contribution in [1.29, 1.82) is 0 Å². The molecule has 108 valence electrons. The van der Waals surface area contributed by atoms with E-state index in [1.807, 2.05) is 5.38 Å². The monoisotopic (exact) mass is 300 g/mol. The number of thiophene rings is 1. The van der Waals surface area contributed by atoms with E-state index in [0.29, 0.717) is 17.7 Å². The first-order valence-corrected chi connectivity index (χ1v) is 7.51. The number of aliphatic hydroxyl groups excluding tert-OH is 1. The van der Waals surface area contributed by atoms with Crippen LogP contribution in [-0.2, 0) is 13.0 Å². The fraction of sp³-hybridized carbons (Fsp3) is 0.250. The van der Waals surface area contributed by atoms with Gasteiger partial charge in [-0.2, -0.15) is 0 Å². The third kappa shape index (κ3) is 3.91. The second-order valence-electron chi connectivity index (χ2n) is 4.29. The summed E-state index contributed by atoms with van der Waals surface area (Å²) in [5, 5.41) is 13.7. The number of amides is 1. The minimum Gasteiger partial charge on any atom is -0.384 e. The third-order valence-corrected chi connectivity index (χ3v) is 3.96. The Bertz CT molecular complexity index is 683. The number of pyridine rings is 1. The molecule has 0 aliphatic rings. The van der Waals surface area contributed by atoms with E-state index in [1.165, 1.54) is 16.6 Å². The summed E-state index contributed by atoms with van der Waals surface area (Å²) in [6.07, 6.45) is 4.04. The summed E-state index contributed by atoms with van der Waals surface area (Å²) >= 11 is 1.64. The molecule has 0 aromatic carbocycles. The molecule has 0 fully saturated rings. The number of nitrogens with zero attached hydrogens (tertiary/aromatic N) is 1. The molecule has 2 heterocycles. The van der Waals surface area contributed by atoms with Crippen LogP contribution in [0.5, 0.6) is 0 Å². The van der Waals surface area contributed by atoms with E-state index in [-0.39, 0.29) is 12.5 Å². The van der Waals surface area contributed by atoms with Gasteiger partial charge in [0.1, 0.15) is 6.61 Å². The average molecular weight is 300 g/mol. The van der Waals surface area contributed by atoms with Crippen molar-refractivity contribution < 1.29 is 9.90 Å². The van der Waals surface area contributed by atoms with Crippen LogP contribution in [0.2, 0.25) is 0 Å². The van der Waals surface area contributed by atoms with Gasteiger partial charge in [-0.25, -0.2) is 0 Å². The van der Waals surface area contributed by atoms with Crippen molar-refractivity contribution in [2.45, 2.75) is 19.9 Å². The van der Waals surface area contributed by atoms with Gasteiger partial charge >= 0.3 is 0 Å². The molecule has 0 atom stereocenters. The number of hydrogen-bond acceptors (Lipinski definition) is 4. The molecular weight excluding hydrogens is 284 g/mol. The van der Waals surface area contributed by atoms with Crippen molar-refractivity contribution in [3.8, 4) is 11.8 Å². The Hall–Kier alpha value is -2.16. The van der Waals surface area contributed by atoms with E-state index in [9.17, 15) is 4.79 Å². The van der Waals surface area contributed by atoms with Crippen LogP contribution in [0, 0.1) is 11.8 Å². The maximum Gasteiger partial charge on any atom is 0.252 e. The van der Waals surface area contributed by atoms with Crippen molar-refractivity contribution >= 4 is 17.2 Å². The molecule has 2 rings (SSSR count). The quantitative estimate of drug-likeness (QED) is 0.849. The highest BCUT2D eigenvalue weighted by atomic mass is 32.1. The van der Waals surface area contributed by atoms with Crippen LogP contribution in [0.15, 0.2) is 29.9 Å². The normalized spacial score (nSPS) is 9.81. The smallest absolute Gasteiger partial charge is 0.252 e. The van der Waals surface area contributed by atoms with Gasteiger partial charge in [0.25, 0.3) is 5.91 Å². The van der Waals surface area contributed by atoms with Crippen molar-refractivity contribution in [2.75, 3.05) is 6.61 Å². The highest BCUT2D eigenvalue weighted by molar-refractivity contribution is 7.10. The minimum atomic E-state index is -0.245. The van der Waals surface area contributed by atoms with Gasteiger partial charge in [0, 0.05) is 17.3 Å². The molecule has 0 aliphatic carbocycles. The number of carbonyl (C=O) groups excluding carboxylic acids is 1. The Morgan fingerprint density at radius 3 is 3.10 bits per heavy atom. The topological polar surface area (TPSA) is 62.2 Å². The first-order chi connectivity index (χ1) is 10.3. The first-order valence-electron chi connectivity index (χ1n) is 6.63. The summed E-state index contributed by atoms with van der Waals surface area (Å²) in [7, 11) is 0. The molecule has 0 radical (unpaired) electrons. The Labute approximate surface area is 127 Å². The van der Waals surface area contributed by atoms with Gasteiger partial charge in [-0.05, 0) is 29.5 Å². The second kappa shape index (κ2) is 7.58. The van der Waals surface area contributed by atoms with E-state index < -0.39 is 0 Å². The fourth-order valence-electron chi connectivity index (χ4n) is 1.92. The number of rotatable bonds is 4. The highest BCUT2D eigenvalue weighted by Crippen LogP contribution is 2.17. The molecule has 0 saturated heterocycles. The lowest BCUT2D eigenvalue weighted by Crippen LogP contribution is -2.23. The van der Waals surface area contributed by atoms with Gasteiger partial charge < -0.3 is 10.4 Å². The van der Waals surface area contributed by atoms with Crippen LogP contribution < -0.4 is 5.32 Å². The van der Waals surface area contributed by atoms with Gasteiger partial charge in [0.15, 0.2) is 0 Å². The summed E-state index contributed by atoms with van der Waals surface area (Å²) < 4.78 is 0. The Morgan fingerprint density at radius 2 is 2.33 bits per heavy atom. The Balaban J connectivity index is 2.10. The van der Waals surface area contributed by atoms with E-state index in [0.717, 1.165) is 6.42 Å². The molecule has 0 spiro atoms. The first kappa shape index (κ1) is 15.2. The lowest BCUT2D eigenvalue weighted by molar-refractivity contribution is 0.0951. The molecule has 2 N–H and O–H groups in total. The van der Waals surface area contributed by atoms with Crippen LogP contribution in [0.1, 0.15) is 33.3 Å². The van der Waals surface area contributed by atoms with Crippen LogP contribution in [0.4, 0.5) is 0 Å². The number of aromatic nitrogens is 1. The maximum absolute atomic E-state index is 12.3. The molecule has 1 amide bonds. The van der Waals surface area contributed by atoms with Gasteiger partial charge in [0.05, 0.1) is 17.7 Å². The van der Waals surface area contributed by atoms with Gasteiger partial charge in [-0.15, -0.1) is 11.3 Å². The second-order valence-corrected chi connectivity index (χ2v) is 5.29. The molecule has 5 heteroatoms. The predicted molar refractivity (Wildman–Crippen MR) is 83.1 cm³/mol. The van der Waals surface area contributed by atoms with E-state index in [4.69, 9.17) is 5.11 Å². The minimum absolute atomic E-state index is 0.185. The summed E-state index contributed by atoms with van der Waals surface area (Å²) in [4.78, 5) is 17.4. The maximum atomic E-state index is 12.3. The number of aryl methyl sites for hydroxylation is 1. The Kier molecular flexibility index (Phi) is 5.50. The van der Waals surface area contributed by atoms with Gasteiger partial charge in [0.2, 0.25) is 0 Å². The van der Waals surface area contributed by atoms with Crippen LogP contribution >= 0.6 is 11.3 Å². The van der Waals surface area contributed by atoms with Crippen molar-refractivity contribution in [3.05, 3.63) is 51.5 Å². The number of carbonyl (C=O) groups is 1. The standard InChI is InChI=1S/C16H16N2O2S/c1-2-12-6-9-21-15(12)11-18-16(20)14-5-7-17-10-13(14)4-3-8-19/h5-7,9-10,19H,2,8,11H2,1H3,(H,18,20). The predicted octanol–water partition coefficient (Wildman–Crippen LogP) is 1.98. The van der Waals surface area contributed by atoms with E-state index >= 15 is 0 Å². The van der Waals surface area contributed by atoms with Crippen molar-refractivity contribution in [2.24, 2.45) is 0 Å².